The van der Waals surface area contributed by atoms with Gasteiger partial charge in [-0.05, 0) is 18.1 Å². The van der Waals surface area contributed by atoms with Gasteiger partial charge in [0, 0.05) is 25.5 Å². The lowest BCUT2D eigenvalue weighted by atomic mass is 10.2. The monoisotopic (exact) mass is 199 g/mol. The minimum absolute atomic E-state index is 1.06. The Morgan fingerprint density at radius 3 is 2.93 bits per heavy atom. The smallest absolute Gasteiger partial charge is 0.0796 e. The molecule has 1 aliphatic heterocycles. The van der Waals surface area contributed by atoms with E-state index in [1.807, 2.05) is 17.9 Å². The van der Waals surface area contributed by atoms with Gasteiger partial charge in [-0.25, -0.2) is 0 Å². The van der Waals surface area contributed by atoms with Gasteiger partial charge in [0.15, 0.2) is 0 Å². The van der Waals surface area contributed by atoms with Crippen LogP contribution >= 0.6 is 0 Å². The van der Waals surface area contributed by atoms with Gasteiger partial charge in [0.1, 0.15) is 0 Å². The van der Waals surface area contributed by atoms with Gasteiger partial charge in [0.05, 0.1) is 11.9 Å². The average molecular weight is 199 g/mol. The molecule has 0 saturated carbocycles. The zero-order valence-electron chi connectivity index (χ0n) is 8.72. The van der Waals surface area contributed by atoms with E-state index in [9.17, 15) is 0 Å². The molecule has 0 N–H and O–H groups in total. The molecule has 0 unspecified atom stereocenters. The SMILES string of the molecule is Cn1cc(N2CCc3ccccc32)cn1. The first-order chi connectivity index (χ1) is 7.34. The lowest BCUT2D eigenvalue weighted by Crippen LogP contribution is -2.12. The van der Waals surface area contributed by atoms with Gasteiger partial charge in [-0.3, -0.25) is 4.68 Å². The average Bonchev–Trinajstić information content (AvgIpc) is 2.83. The molecule has 2 heterocycles. The van der Waals surface area contributed by atoms with Crippen molar-refractivity contribution in [1.82, 2.24) is 9.78 Å². The molecule has 0 bridgehead atoms. The molecule has 3 rings (SSSR count). The Morgan fingerprint density at radius 1 is 1.27 bits per heavy atom. The first-order valence-electron chi connectivity index (χ1n) is 5.19. The van der Waals surface area contributed by atoms with Crippen molar-refractivity contribution in [2.24, 2.45) is 7.05 Å². The van der Waals surface area contributed by atoms with E-state index in [1.165, 1.54) is 16.9 Å². The number of fused-ring (bicyclic) bond motifs is 1. The molecule has 1 aliphatic rings. The summed E-state index contributed by atoms with van der Waals surface area (Å²) in [7, 11) is 1.95. The van der Waals surface area contributed by atoms with E-state index in [0.29, 0.717) is 0 Å². The molecule has 0 amide bonds. The van der Waals surface area contributed by atoms with Crippen molar-refractivity contribution in [3.63, 3.8) is 0 Å². The first-order valence-corrected chi connectivity index (χ1v) is 5.19. The maximum absolute atomic E-state index is 4.21. The van der Waals surface area contributed by atoms with Crippen molar-refractivity contribution in [3.8, 4) is 0 Å². The molecular weight excluding hydrogens is 186 g/mol. The fourth-order valence-electron chi connectivity index (χ4n) is 2.15. The quantitative estimate of drug-likeness (QED) is 0.701. The predicted octanol–water partition coefficient (Wildman–Crippen LogP) is 2.11. The zero-order chi connectivity index (χ0) is 10.3. The lowest BCUT2D eigenvalue weighted by molar-refractivity contribution is 0.767. The number of rotatable bonds is 1. The van der Waals surface area contributed by atoms with E-state index in [4.69, 9.17) is 0 Å². The topological polar surface area (TPSA) is 21.1 Å². The summed E-state index contributed by atoms with van der Waals surface area (Å²) in [6, 6.07) is 8.57. The van der Waals surface area contributed by atoms with Crippen LogP contribution in [0.1, 0.15) is 5.56 Å². The third kappa shape index (κ3) is 1.31. The predicted molar refractivity (Wildman–Crippen MR) is 60.4 cm³/mol. The van der Waals surface area contributed by atoms with E-state index in [0.717, 1.165) is 13.0 Å². The second kappa shape index (κ2) is 3.12. The van der Waals surface area contributed by atoms with Crippen molar-refractivity contribution in [2.45, 2.75) is 6.42 Å². The van der Waals surface area contributed by atoms with Crippen LogP contribution in [-0.2, 0) is 13.5 Å². The largest absolute Gasteiger partial charge is 0.338 e. The van der Waals surface area contributed by atoms with Crippen molar-refractivity contribution in [2.75, 3.05) is 11.4 Å². The van der Waals surface area contributed by atoms with Gasteiger partial charge in [-0.1, -0.05) is 18.2 Å². The molecule has 0 radical (unpaired) electrons. The van der Waals surface area contributed by atoms with Gasteiger partial charge >= 0.3 is 0 Å². The van der Waals surface area contributed by atoms with Crippen molar-refractivity contribution in [1.29, 1.82) is 0 Å². The Morgan fingerprint density at radius 2 is 2.13 bits per heavy atom. The van der Waals surface area contributed by atoms with Crippen LogP contribution in [0.2, 0.25) is 0 Å². The summed E-state index contributed by atoms with van der Waals surface area (Å²) in [6.45, 7) is 1.06. The second-order valence-corrected chi connectivity index (χ2v) is 3.90. The maximum Gasteiger partial charge on any atom is 0.0796 e. The fraction of sp³-hybridized carbons (Fsp3) is 0.250. The number of benzene rings is 1. The molecule has 3 nitrogen and oxygen atoms in total. The van der Waals surface area contributed by atoms with Crippen LogP contribution in [-0.4, -0.2) is 16.3 Å². The second-order valence-electron chi connectivity index (χ2n) is 3.90. The van der Waals surface area contributed by atoms with Gasteiger partial charge in [-0.15, -0.1) is 0 Å². The molecule has 0 aliphatic carbocycles. The molecule has 2 aromatic rings. The van der Waals surface area contributed by atoms with E-state index in [2.05, 4.69) is 40.5 Å². The maximum atomic E-state index is 4.21. The highest BCUT2D eigenvalue weighted by Crippen LogP contribution is 2.33. The lowest BCUT2D eigenvalue weighted by Gasteiger charge is -2.16. The summed E-state index contributed by atoms with van der Waals surface area (Å²) in [6.07, 6.45) is 5.11. The Bertz CT molecular complexity index is 487. The van der Waals surface area contributed by atoms with Crippen molar-refractivity contribution >= 4 is 11.4 Å². The fourth-order valence-corrected chi connectivity index (χ4v) is 2.15. The van der Waals surface area contributed by atoms with Gasteiger partial charge in [0.2, 0.25) is 0 Å². The summed E-state index contributed by atoms with van der Waals surface area (Å²) in [5, 5.41) is 4.21. The highest BCUT2D eigenvalue weighted by Gasteiger charge is 2.20. The number of anilines is 2. The third-order valence-corrected chi connectivity index (χ3v) is 2.89. The molecule has 0 saturated heterocycles. The third-order valence-electron chi connectivity index (χ3n) is 2.89. The van der Waals surface area contributed by atoms with Crippen LogP contribution in [0.25, 0.3) is 0 Å². The number of para-hydroxylation sites is 1. The van der Waals surface area contributed by atoms with Gasteiger partial charge in [-0.2, -0.15) is 5.10 Å². The van der Waals surface area contributed by atoms with Crippen LogP contribution in [0.15, 0.2) is 36.7 Å². The Hall–Kier alpha value is -1.77. The molecule has 0 atom stereocenters. The standard InChI is InChI=1S/C12H13N3/c1-14-9-11(8-13-14)15-7-6-10-4-2-3-5-12(10)15/h2-5,8-9H,6-7H2,1H3. The Kier molecular flexibility index (Phi) is 1.78. The normalized spacial score (nSPS) is 14.3. The highest BCUT2D eigenvalue weighted by atomic mass is 15.3. The molecule has 1 aromatic heterocycles. The van der Waals surface area contributed by atoms with E-state index in [1.54, 1.807) is 0 Å². The molecule has 76 valence electrons. The van der Waals surface area contributed by atoms with E-state index >= 15 is 0 Å². The number of aryl methyl sites for hydroxylation is 1. The van der Waals surface area contributed by atoms with Crippen molar-refractivity contribution < 1.29 is 0 Å². The van der Waals surface area contributed by atoms with Gasteiger partial charge < -0.3 is 4.90 Å². The van der Waals surface area contributed by atoms with Crippen LogP contribution < -0.4 is 4.90 Å². The Balaban J connectivity index is 2.04. The summed E-state index contributed by atoms with van der Waals surface area (Å²) in [4.78, 5) is 2.32. The van der Waals surface area contributed by atoms with E-state index in [-0.39, 0.29) is 0 Å². The molecule has 1 aromatic carbocycles. The molecular formula is C12H13N3. The Labute approximate surface area is 88.9 Å². The molecule has 15 heavy (non-hydrogen) atoms. The summed E-state index contributed by atoms with van der Waals surface area (Å²) in [5.41, 5.74) is 3.94. The first kappa shape index (κ1) is 8.53. The number of aromatic nitrogens is 2. The number of hydrogen-bond donors (Lipinski definition) is 0. The minimum atomic E-state index is 1.06. The number of nitrogens with zero attached hydrogens (tertiary/aromatic N) is 3. The summed E-state index contributed by atoms with van der Waals surface area (Å²) in [5.74, 6) is 0. The van der Waals surface area contributed by atoms with E-state index < -0.39 is 0 Å². The number of hydrogen-bond acceptors (Lipinski definition) is 2. The molecule has 3 heteroatoms. The zero-order valence-corrected chi connectivity index (χ0v) is 8.72. The van der Waals surface area contributed by atoms with Crippen molar-refractivity contribution in [3.05, 3.63) is 42.2 Å². The van der Waals surface area contributed by atoms with Crippen LogP contribution in [0.5, 0.6) is 0 Å². The molecule has 0 fully saturated rings. The molecule has 0 spiro atoms. The summed E-state index contributed by atoms with van der Waals surface area (Å²) < 4.78 is 1.84. The van der Waals surface area contributed by atoms with Gasteiger partial charge in [0.25, 0.3) is 0 Å². The minimum Gasteiger partial charge on any atom is -0.338 e. The highest BCUT2D eigenvalue weighted by molar-refractivity contribution is 5.68. The van der Waals surface area contributed by atoms with Crippen LogP contribution in [0.3, 0.4) is 0 Å². The van der Waals surface area contributed by atoms with Crippen LogP contribution in [0, 0.1) is 0 Å². The summed E-state index contributed by atoms with van der Waals surface area (Å²) >= 11 is 0. The van der Waals surface area contributed by atoms with Crippen LogP contribution in [0.4, 0.5) is 11.4 Å².